The lowest BCUT2D eigenvalue weighted by atomic mass is 9.67. The zero-order valence-corrected chi connectivity index (χ0v) is 22.0. The van der Waals surface area contributed by atoms with E-state index in [9.17, 15) is 9.59 Å². The van der Waals surface area contributed by atoms with E-state index in [4.69, 9.17) is 9.47 Å². The molecule has 3 aromatic rings. The molecule has 194 valence electrons. The molecule has 2 aliphatic carbocycles. The summed E-state index contributed by atoms with van der Waals surface area (Å²) in [5.41, 5.74) is 4.57. The fourth-order valence-electron chi connectivity index (χ4n) is 5.83. The maximum atomic E-state index is 13.5. The highest BCUT2D eigenvalue weighted by atomic mass is 16.6. The lowest BCUT2D eigenvalue weighted by Gasteiger charge is -2.44. The van der Waals surface area contributed by atoms with Gasteiger partial charge in [-0.05, 0) is 48.2 Å². The van der Waals surface area contributed by atoms with E-state index in [1.54, 1.807) is 24.3 Å². The van der Waals surface area contributed by atoms with Gasteiger partial charge in [0.2, 0.25) is 0 Å². The number of fused-ring (bicyclic) bond motifs is 1. The van der Waals surface area contributed by atoms with Gasteiger partial charge in [0, 0.05) is 17.8 Å². The van der Waals surface area contributed by atoms with Crippen LogP contribution in [-0.2, 0) is 9.47 Å². The molecule has 38 heavy (non-hydrogen) atoms. The average molecular weight is 507 g/mol. The maximum Gasteiger partial charge on any atom is 0.338 e. The highest BCUT2D eigenvalue weighted by Gasteiger charge is 2.49. The van der Waals surface area contributed by atoms with E-state index in [1.807, 2.05) is 48.5 Å². The Balaban J connectivity index is 1.58. The first-order valence-corrected chi connectivity index (χ1v) is 13.6. The van der Waals surface area contributed by atoms with Crippen LogP contribution in [-0.4, -0.2) is 24.1 Å². The zero-order valence-electron chi connectivity index (χ0n) is 22.0. The molecule has 0 fully saturated rings. The predicted molar refractivity (Wildman–Crippen MR) is 149 cm³/mol. The van der Waals surface area contributed by atoms with Crippen molar-refractivity contribution in [3.05, 3.63) is 131 Å². The van der Waals surface area contributed by atoms with Crippen LogP contribution >= 0.6 is 0 Å². The number of esters is 2. The van der Waals surface area contributed by atoms with Crippen molar-refractivity contribution in [2.45, 2.75) is 57.2 Å². The Morgan fingerprint density at radius 3 is 1.89 bits per heavy atom. The fourth-order valence-corrected chi connectivity index (χ4v) is 5.83. The van der Waals surface area contributed by atoms with Gasteiger partial charge in [-0.1, -0.05) is 105 Å². The molecule has 0 bridgehead atoms. The Bertz CT molecular complexity index is 1320. The topological polar surface area (TPSA) is 52.6 Å². The molecule has 0 N–H and O–H groups in total. The second-order valence-corrected chi connectivity index (χ2v) is 10.2. The largest absolute Gasteiger partial charge is 0.454 e. The number of ether oxygens (including phenoxy) is 2. The Morgan fingerprint density at radius 2 is 1.29 bits per heavy atom. The molecule has 0 amide bonds. The first kappa shape index (κ1) is 25.7. The van der Waals surface area contributed by atoms with Crippen molar-refractivity contribution in [3.8, 4) is 0 Å². The molecule has 4 nitrogen and oxygen atoms in total. The summed E-state index contributed by atoms with van der Waals surface area (Å²) < 4.78 is 12.6. The van der Waals surface area contributed by atoms with Gasteiger partial charge in [-0.15, -0.1) is 0 Å². The number of rotatable bonds is 8. The minimum Gasteiger partial charge on any atom is -0.454 e. The molecule has 0 saturated carbocycles. The van der Waals surface area contributed by atoms with Crippen LogP contribution in [0.2, 0.25) is 0 Å². The minimum atomic E-state index is -0.655. The summed E-state index contributed by atoms with van der Waals surface area (Å²) in [6, 6.07) is 26.3. The van der Waals surface area contributed by atoms with Gasteiger partial charge < -0.3 is 9.47 Å². The number of hydrogen-bond acceptors (Lipinski definition) is 4. The summed E-state index contributed by atoms with van der Waals surface area (Å²) in [4.78, 5) is 26.8. The number of carbonyl (C=O) groups excluding carboxylic acids is 2. The molecule has 0 aliphatic heterocycles. The number of allylic oxidation sites excluding steroid dienone is 4. The standard InChI is InChI=1S/C34H34O4/c1-3-4-14-24-19-13-22-28(24)30-29-21-12-11-20-27(29)23(2)31(37-33(35)25-15-7-5-8-16-25)32(30)38-34(36)26-17-9-6-10-18-26/h5-13,15-23,28,30-32H,3-4,14H2,1-2H3/t23-,28?,30-,31?,32?/m0/s1. The van der Waals surface area contributed by atoms with Crippen LogP contribution in [0.25, 0.3) is 0 Å². The molecule has 3 aromatic carbocycles. The molecule has 0 radical (unpaired) electrons. The van der Waals surface area contributed by atoms with Gasteiger partial charge in [-0.3, -0.25) is 0 Å². The Morgan fingerprint density at radius 1 is 0.737 bits per heavy atom. The van der Waals surface area contributed by atoms with Crippen molar-refractivity contribution in [2.24, 2.45) is 5.92 Å². The molecule has 5 atom stereocenters. The lowest BCUT2D eigenvalue weighted by molar-refractivity contribution is -0.0608. The first-order valence-electron chi connectivity index (χ1n) is 13.6. The minimum absolute atomic E-state index is 0.0571. The molecule has 0 aromatic heterocycles. The summed E-state index contributed by atoms with van der Waals surface area (Å²) in [5.74, 6) is -1.09. The van der Waals surface area contributed by atoms with E-state index in [2.05, 4.69) is 44.2 Å². The zero-order chi connectivity index (χ0) is 26.5. The third-order valence-corrected chi connectivity index (χ3v) is 7.78. The van der Waals surface area contributed by atoms with Crippen molar-refractivity contribution in [1.82, 2.24) is 0 Å². The first-order chi connectivity index (χ1) is 18.6. The number of hydrogen-bond donors (Lipinski definition) is 0. The van der Waals surface area contributed by atoms with Crippen LogP contribution in [0.3, 0.4) is 0 Å². The molecular weight excluding hydrogens is 472 g/mol. The van der Waals surface area contributed by atoms with E-state index >= 15 is 0 Å². The SMILES string of the molecule is CCCCC1=CC=CC1[C@H]1c2ccccc2[C@H](C)C(OC(=O)c2ccccc2)C1OC(=O)c1ccccc1. The fraction of sp³-hybridized carbons (Fsp3) is 0.294. The molecular formula is C34H34O4. The smallest absolute Gasteiger partial charge is 0.338 e. The molecule has 2 aliphatic rings. The highest BCUT2D eigenvalue weighted by Crippen LogP contribution is 2.49. The Labute approximate surface area is 225 Å². The second kappa shape index (κ2) is 11.6. The van der Waals surface area contributed by atoms with E-state index in [-0.39, 0.29) is 17.8 Å². The number of benzene rings is 3. The molecule has 0 saturated heterocycles. The average Bonchev–Trinajstić information content (AvgIpc) is 3.43. The summed E-state index contributed by atoms with van der Waals surface area (Å²) in [6.07, 6.45) is 8.40. The van der Waals surface area contributed by atoms with E-state index in [1.165, 1.54) is 5.57 Å². The Hall–Kier alpha value is -3.92. The number of unbranched alkanes of at least 4 members (excludes halogenated alkanes) is 1. The summed E-state index contributed by atoms with van der Waals surface area (Å²) in [7, 11) is 0. The monoisotopic (exact) mass is 506 g/mol. The van der Waals surface area contributed by atoms with Crippen LogP contribution in [0, 0.1) is 5.92 Å². The van der Waals surface area contributed by atoms with Crippen molar-refractivity contribution in [3.63, 3.8) is 0 Å². The van der Waals surface area contributed by atoms with E-state index in [0.29, 0.717) is 11.1 Å². The number of carbonyl (C=O) groups is 2. The summed E-state index contributed by atoms with van der Waals surface area (Å²) >= 11 is 0. The van der Waals surface area contributed by atoms with Gasteiger partial charge >= 0.3 is 11.9 Å². The maximum absolute atomic E-state index is 13.5. The molecule has 3 unspecified atom stereocenters. The van der Waals surface area contributed by atoms with Gasteiger partial charge in [0.25, 0.3) is 0 Å². The lowest BCUT2D eigenvalue weighted by Crippen LogP contribution is -2.48. The van der Waals surface area contributed by atoms with Crippen LogP contribution < -0.4 is 0 Å². The van der Waals surface area contributed by atoms with Gasteiger partial charge in [0.1, 0.15) is 12.2 Å². The second-order valence-electron chi connectivity index (χ2n) is 10.2. The third kappa shape index (κ3) is 5.22. The normalized spacial score (nSPS) is 23.8. The third-order valence-electron chi connectivity index (χ3n) is 7.78. The van der Waals surface area contributed by atoms with Crippen LogP contribution in [0.5, 0.6) is 0 Å². The van der Waals surface area contributed by atoms with E-state index < -0.39 is 24.1 Å². The molecule has 0 heterocycles. The van der Waals surface area contributed by atoms with Crippen molar-refractivity contribution < 1.29 is 19.1 Å². The Kier molecular flexibility index (Phi) is 7.88. The van der Waals surface area contributed by atoms with Crippen molar-refractivity contribution >= 4 is 11.9 Å². The summed E-state index contributed by atoms with van der Waals surface area (Å²) in [5, 5.41) is 0. The van der Waals surface area contributed by atoms with Crippen LogP contribution in [0.1, 0.15) is 76.8 Å². The molecule has 4 heteroatoms. The predicted octanol–water partition coefficient (Wildman–Crippen LogP) is 7.64. The van der Waals surface area contributed by atoms with Crippen LogP contribution in [0.4, 0.5) is 0 Å². The molecule has 5 rings (SSSR count). The van der Waals surface area contributed by atoms with Gasteiger partial charge in [-0.25, -0.2) is 9.59 Å². The van der Waals surface area contributed by atoms with Crippen LogP contribution in [0.15, 0.2) is 109 Å². The quantitative estimate of drug-likeness (QED) is 0.295. The van der Waals surface area contributed by atoms with Gasteiger partial charge in [0.15, 0.2) is 0 Å². The summed E-state index contributed by atoms with van der Waals surface area (Å²) in [6.45, 7) is 4.25. The van der Waals surface area contributed by atoms with Crippen molar-refractivity contribution in [2.75, 3.05) is 0 Å². The van der Waals surface area contributed by atoms with Crippen molar-refractivity contribution in [1.29, 1.82) is 0 Å². The van der Waals surface area contributed by atoms with Gasteiger partial charge in [0.05, 0.1) is 11.1 Å². The van der Waals surface area contributed by atoms with Gasteiger partial charge in [-0.2, -0.15) is 0 Å². The molecule has 0 spiro atoms. The highest BCUT2D eigenvalue weighted by molar-refractivity contribution is 5.90. The van der Waals surface area contributed by atoms with E-state index in [0.717, 1.165) is 30.4 Å².